The van der Waals surface area contributed by atoms with Crippen molar-refractivity contribution in [1.29, 1.82) is 0 Å². The van der Waals surface area contributed by atoms with Gasteiger partial charge < -0.3 is 19.8 Å². The second kappa shape index (κ2) is 12.9. The number of carbonyl (C=O) groups is 2. The average Bonchev–Trinajstić information content (AvgIpc) is 2.89. The first-order valence-electron chi connectivity index (χ1n) is 13.0. The molecule has 3 rings (SSSR count). The first kappa shape index (κ1) is 33.9. The zero-order valence-electron chi connectivity index (χ0n) is 23.7. The molecule has 2 atom stereocenters. The molecule has 0 aliphatic carbocycles. The fourth-order valence-corrected chi connectivity index (χ4v) is 5.88. The summed E-state index contributed by atoms with van der Waals surface area (Å²) in [6.07, 6.45) is -6.41. The predicted molar refractivity (Wildman–Crippen MR) is 153 cm³/mol. The number of nitrogens with zero attached hydrogens (tertiary/aromatic N) is 1. The Labute approximate surface area is 252 Å². The lowest BCUT2D eigenvalue weighted by Gasteiger charge is -2.33. The molecule has 1 amide bonds. The molecule has 0 saturated carbocycles. The summed E-state index contributed by atoms with van der Waals surface area (Å²) in [6.45, 7) is 6.70. The number of sulfone groups is 1. The third-order valence-corrected chi connectivity index (χ3v) is 8.42. The molecular weight excluding hydrogens is 611 g/mol. The molecule has 0 aliphatic rings. The van der Waals surface area contributed by atoms with Gasteiger partial charge in [-0.05, 0) is 87.7 Å². The third-order valence-electron chi connectivity index (χ3n) is 6.35. The van der Waals surface area contributed by atoms with Crippen LogP contribution in [0.1, 0.15) is 60.8 Å². The summed E-state index contributed by atoms with van der Waals surface area (Å²) >= 11 is 6.04. The van der Waals surface area contributed by atoms with E-state index in [1.807, 2.05) is 0 Å². The van der Waals surface area contributed by atoms with Crippen LogP contribution in [0.4, 0.5) is 18.0 Å². The van der Waals surface area contributed by atoms with E-state index in [9.17, 15) is 41.4 Å². The molecule has 0 spiro atoms. The Bertz CT molecular complexity index is 1590. The molecule has 3 aromatic carbocycles. The summed E-state index contributed by atoms with van der Waals surface area (Å²) < 4.78 is 71.3. The third kappa shape index (κ3) is 8.71. The number of halogens is 4. The van der Waals surface area contributed by atoms with E-state index < -0.39 is 61.8 Å². The molecule has 13 heteroatoms. The fourth-order valence-electron chi connectivity index (χ4n) is 4.25. The lowest BCUT2D eigenvalue weighted by Crippen LogP contribution is -2.45. The Morgan fingerprint density at radius 2 is 1.63 bits per heavy atom. The van der Waals surface area contributed by atoms with Crippen LogP contribution in [0.5, 0.6) is 0 Å². The van der Waals surface area contributed by atoms with Crippen molar-refractivity contribution in [1.82, 2.24) is 4.90 Å². The molecule has 0 heterocycles. The number of carboxylic acid groups (broad SMARTS) is 1. The Hall–Kier alpha value is -3.61. The molecule has 0 saturated heterocycles. The zero-order chi connectivity index (χ0) is 32.3. The summed E-state index contributed by atoms with van der Waals surface area (Å²) in [5.41, 5.74) is -2.03. The van der Waals surface area contributed by atoms with Gasteiger partial charge in [0.15, 0.2) is 0 Å². The van der Waals surface area contributed by atoms with Gasteiger partial charge in [-0.15, -0.1) is 0 Å². The summed E-state index contributed by atoms with van der Waals surface area (Å²) in [4.78, 5) is 25.0. The van der Waals surface area contributed by atoms with Crippen LogP contribution in [0.3, 0.4) is 0 Å². The van der Waals surface area contributed by atoms with Crippen LogP contribution in [-0.2, 0) is 27.2 Å². The topological polar surface area (TPSA) is 121 Å². The molecule has 3 aromatic rings. The monoisotopic (exact) mass is 641 g/mol. The maximum absolute atomic E-state index is 13.2. The van der Waals surface area contributed by atoms with Crippen LogP contribution in [0, 0.1) is 0 Å². The van der Waals surface area contributed by atoms with Gasteiger partial charge in [0.2, 0.25) is 9.84 Å². The quantitative estimate of drug-likeness (QED) is 0.264. The molecule has 8 nitrogen and oxygen atoms in total. The van der Waals surface area contributed by atoms with Crippen molar-refractivity contribution in [3.05, 3.63) is 94.0 Å². The standard InChI is InChI=1S/C30H31ClF3NO7S/c1-18(35(28(39)42-29(2,3)4)17-25(36)20-6-5-7-22(31)15-20)14-19-8-11-23(12-9-19)43(40,41)26-13-10-21(30(32,33)34)16-24(26)27(37)38/h5-13,15-16,18,25,36H,14,17H2,1-4H3,(H,37,38)/t18-,25+/m1/s1. The van der Waals surface area contributed by atoms with E-state index in [1.165, 1.54) is 29.2 Å². The molecule has 2 N–H and O–H groups in total. The van der Waals surface area contributed by atoms with Crippen LogP contribution in [-0.4, -0.2) is 53.8 Å². The molecule has 0 aliphatic heterocycles. The van der Waals surface area contributed by atoms with Crippen molar-refractivity contribution in [2.24, 2.45) is 0 Å². The number of benzene rings is 3. The number of alkyl halides is 3. The number of carbonyl (C=O) groups excluding carboxylic acids is 1. The summed E-state index contributed by atoms with van der Waals surface area (Å²) in [5, 5.41) is 20.7. The smallest absolute Gasteiger partial charge is 0.416 e. The van der Waals surface area contributed by atoms with E-state index in [-0.39, 0.29) is 23.9 Å². The second-order valence-electron chi connectivity index (χ2n) is 10.9. The summed E-state index contributed by atoms with van der Waals surface area (Å²) in [7, 11) is -4.50. The van der Waals surface area contributed by atoms with E-state index in [1.54, 1.807) is 52.0 Å². The molecule has 0 fully saturated rings. The minimum atomic E-state index is -4.86. The van der Waals surface area contributed by atoms with Gasteiger partial charge in [0.25, 0.3) is 0 Å². The highest BCUT2D eigenvalue weighted by molar-refractivity contribution is 7.91. The van der Waals surface area contributed by atoms with Gasteiger partial charge in [0, 0.05) is 11.1 Å². The summed E-state index contributed by atoms with van der Waals surface area (Å²) in [6, 6.07) is 12.8. The first-order valence-corrected chi connectivity index (χ1v) is 14.9. The van der Waals surface area contributed by atoms with Crippen LogP contribution >= 0.6 is 11.6 Å². The van der Waals surface area contributed by atoms with Crippen LogP contribution in [0.25, 0.3) is 0 Å². The van der Waals surface area contributed by atoms with Crippen molar-refractivity contribution in [2.75, 3.05) is 6.54 Å². The molecular formula is C30H31ClF3NO7S. The van der Waals surface area contributed by atoms with Gasteiger partial charge >= 0.3 is 18.2 Å². The minimum absolute atomic E-state index is 0.130. The second-order valence-corrected chi connectivity index (χ2v) is 13.3. The number of rotatable bonds is 9. The van der Waals surface area contributed by atoms with Crippen molar-refractivity contribution in [2.45, 2.75) is 67.8 Å². The van der Waals surface area contributed by atoms with E-state index in [2.05, 4.69) is 0 Å². The van der Waals surface area contributed by atoms with Gasteiger partial charge in [0.05, 0.1) is 33.6 Å². The van der Waals surface area contributed by atoms with Crippen molar-refractivity contribution >= 4 is 33.5 Å². The number of amides is 1. The number of aromatic carboxylic acids is 1. The van der Waals surface area contributed by atoms with Crippen LogP contribution in [0.15, 0.2) is 76.5 Å². The molecule has 0 radical (unpaired) electrons. The zero-order valence-corrected chi connectivity index (χ0v) is 25.3. The lowest BCUT2D eigenvalue weighted by molar-refractivity contribution is -0.137. The number of aliphatic hydroxyl groups is 1. The van der Waals surface area contributed by atoms with Gasteiger partial charge in [-0.25, -0.2) is 18.0 Å². The number of ether oxygens (including phenoxy) is 1. The van der Waals surface area contributed by atoms with Gasteiger partial charge in [-0.3, -0.25) is 0 Å². The number of hydrogen-bond acceptors (Lipinski definition) is 6. The van der Waals surface area contributed by atoms with Crippen molar-refractivity contribution in [3.63, 3.8) is 0 Å². The molecule has 43 heavy (non-hydrogen) atoms. The van der Waals surface area contributed by atoms with E-state index in [0.29, 0.717) is 28.3 Å². The SMILES string of the molecule is C[C@H](Cc1ccc(S(=O)(=O)c2ccc(C(F)(F)F)cc2C(=O)O)cc1)N(C[C@H](O)c1cccc(Cl)c1)C(=O)OC(C)(C)C. The van der Waals surface area contributed by atoms with E-state index in [0.717, 1.165) is 0 Å². The molecule has 0 bridgehead atoms. The van der Waals surface area contributed by atoms with Gasteiger partial charge in [-0.1, -0.05) is 35.9 Å². The molecule has 232 valence electrons. The van der Waals surface area contributed by atoms with E-state index >= 15 is 0 Å². The number of aliphatic hydroxyl groups excluding tert-OH is 1. The fraction of sp³-hybridized carbons (Fsp3) is 0.333. The van der Waals surface area contributed by atoms with Crippen LogP contribution < -0.4 is 0 Å². The average molecular weight is 642 g/mol. The number of hydrogen-bond donors (Lipinski definition) is 2. The first-order chi connectivity index (χ1) is 19.8. The van der Waals surface area contributed by atoms with Gasteiger partial charge in [-0.2, -0.15) is 13.2 Å². The van der Waals surface area contributed by atoms with Crippen molar-refractivity contribution < 1.29 is 46.1 Å². The predicted octanol–water partition coefficient (Wildman–Crippen LogP) is 6.79. The Morgan fingerprint density at radius 3 is 2.16 bits per heavy atom. The summed E-state index contributed by atoms with van der Waals surface area (Å²) in [5.74, 6) is -1.82. The minimum Gasteiger partial charge on any atom is -0.478 e. The highest BCUT2D eigenvalue weighted by Crippen LogP contribution is 2.33. The molecule has 0 unspecified atom stereocenters. The van der Waals surface area contributed by atoms with Crippen LogP contribution in [0.2, 0.25) is 5.02 Å². The largest absolute Gasteiger partial charge is 0.478 e. The molecule has 0 aromatic heterocycles. The van der Waals surface area contributed by atoms with Crippen molar-refractivity contribution in [3.8, 4) is 0 Å². The maximum Gasteiger partial charge on any atom is 0.416 e. The maximum atomic E-state index is 13.2. The Kier molecular flexibility index (Phi) is 10.2. The Morgan fingerprint density at radius 1 is 1.00 bits per heavy atom. The normalized spacial score (nSPS) is 13.7. The number of carboxylic acids is 1. The van der Waals surface area contributed by atoms with Gasteiger partial charge in [0.1, 0.15) is 5.60 Å². The Balaban J connectivity index is 1.87. The highest BCUT2D eigenvalue weighted by Gasteiger charge is 2.34. The van der Waals surface area contributed by atoms with E-state index in [4.69, 9.17) is 16.3 Å². The lowest BCUT2D eigenvalue weighted by atomic mass is 10.0. The highest BCUT2D eigenvalue weighted by atomic mass is 35.5.